The molecule has 0 heterocycles. The van der Waals surface area contributed by atoms with Gasteiger partial charge in [0.25, 0.3) is 0 Å². The van der Waals surface area contributed by atoms with Crippen LogP contribution in [0.2, 0.25) is 0 Å². The number of hydrogen-bond donors (Lipinski definition) is 2. The molecule has 0 aromatic heterocycles. The van der Waals surface area contributed by atoms with Crippen LogP contribution in [0.5, 0.6) is 5.75 Å². The van der Waals surface area contributed by atoms with Gasteiger partial charge in [0.1, 0.15) is 16.7 Å². The first kappa shape index (κ1) is 14.4. The summed E-state index contributed by atoms with van der Waals surface area (Å²) in [7, 11) is -3.86. The molecule has 2 aromatic rings. The van der Waals surface area contributed by atoms with E-state index in [2.05, 4.69) is 0 Å². The summed E-state index contributed by atoms with van der Waals surface area (Å²) in [6.45, 7) is 1.86. The standard InChI is InChI=1S/C14H16N2O3S/c1-10(11-6-3-2-4-7-11)19-12-8-5-9-13(14(12)15)20(16,17)18/h2-10H,15H2,1H3,(H2,16,17,18). The molecule has 5 nitrogen and oxygen atoms in total. The highest BCUT2D eigenvalue weighted by molar-refractivity contribution is 7.89. The Morgan fingerprint density at radius 1 is 1.05 bits per heavy atom. The van der Waals surface area contributed by atoms with Gasteiger partial charge in [-0.3, -0.25) is 0 Å². The predicted octanol–water partition coefficient (Wildman–Crippen LogP) is 2.06. The second-order valence-corrected chi connectivity index (χ2v) is 5.91. The van der Waals surface area contributed by atoms with E-state index in [0.717, 1.165) is 5.56 Å². The maximum Gasteiger partial charge on any atom is 0.240 e. The lowest BCUT2D eigenvalue weighted by Gasteiger charge is -2.17. The quantitative estimate of drug-likeness (QED) is 0.843. The lowest BCUT2D eigenvalue weighted by atomic mass is 10.1. The van der Waals surface area contributed by atoms with Gasteiger partial charge in [0.2, 0.25) is 10.0 Å². The Labute approximate surface area is 118 Å². The van der Waals surface area contributed by atoms with E-state index in [1.165, 1.54) is 6.07 Å². The SMILES string of the molecule is CC(Oc1cccc(S(N)(=O)=O)c1N)c1ccccc1. The van der Waals surface area contributed by atoms with Crippen LogP contribution >= 0.6 is 0 Å². The topological polar surface area (TPSA) is 95.4 Å². The first-order chi connectivity index (χ1) is 9.39. The summed E-state index contributed by atoms with van der Waals surface area (Å²) in [6.07, 6.45) is -0.255. The van der Waals surface area contributed by atoms with Gasteiger partial charge >= 0.3 is 0 Å². The smallest absolute Gasteiger partial charge is 0.240 e. The molecular formula is C14H16N2O3S. The van der Waals surface area contributed by atoms with E-state index in [4.69, 9.17) is 15.6 Å². The van der Waals surface area contributed by atoms with Crippen molar-refractivity contribution < 1.29 is 13.2 Å². The molecule has 0 radical (unpaired) electrons. The van der Waals surface area contributed by atoms with Gasteiger partial charge in [-0.1, -0.05) is 36.4 Å². The van der Waals surface area contributed by atoms with E-state index in [1.54, 1.807) is 12.1 Å². The van der Waals surface area contributed by atoms with Gasteiger partial charge in [-0.05, 0) is 24.6 Å². The average Bonchev–Trinajstić information content (AvgIpc) is 2.40. The number of nitrogens with two attached hydrogens (primary N) is 2. The maximum atomic E-state index is 11.4. The summed E-state index contributed by atoms with van der Waals surface area (Å²) in [5, 5.41) is 5.11. The van der Waals surface area contributed by atoms with Crippen molar-refractivity contribution in [1.82, 2.24) is 0 Å². The maximum absolute atomic E-state index is 11.4. The molecule has 4 N–H and O–H groups in total. The first-order valence-corrected chi connectivity index (χ1v) is 7.57. The summed E-state index contributed by atoms with van der Waals surface area (Å²) in [6, 6.07) is 14.1. The van der Waals surface area contributed by atoms with Crippen LogP contribution in [0.25, 0.3) is 0 Å². The number of anilines is 1. The molecule has 2 aromatic carbocycles. The highest BCUT2D eigenvalue weighted by Crippen LogP contribution is 2.31. The highest BCUT2D eigenvalue weighted by Gasteiger charge is 2.17. The van der Waals surface area contributed by atoms with Crippen molar-refractivity contribution in [2.75, 3.05) is 5.73 Å². The molecule has 0 aliphatic heterocycles. The van der Waals surface area contributed by atoms with Gasteiger partial charge in [-0.2, -0.15) is 0 Å². The minimum absolute atomic E-state index is 0.0257. The summed E-state index contributed by atoms with van der Waals surface area (Å²) in [5.74, 6) is 0.299. The van der Waals surface area contributed by atoms with Crippen molar-refractivity contribution in [3.63, 3.8) is 0 Å². The molecule has 0 amide bonds. The number of sulfonamides is 1. The molecule has 0 saturated heterocycles. The molecule has 0 aliphatic rings. The number of nitrogen functional groups attached to an aromatic ring is 1. The molecule has 0 spiro atoms. The van der Waals surface area contributed by atoms with Crippen LogP contribution in [-0.4, -0.2) is 8.42 Å². The fourth-order valence-corrected chi connectivity index (χ4v) is 2.53. The molecule has 2 rings (SSSR count). The average molecular weight is 292 g/mol. The third-order valence-electron chi connectivity index (χ3n) is 2.91. The summed E-state index contributed by atoms with van der Waals surface area (Å²) < 4.78 is 28.5. The molecule has 20 heavy (non-hydrogen) atoms. The van der Waals surface area contributed by atoms with E-state index >= 15 is 0 Å². The zero-order valence-electron chi connectivity index (χ0n) is 11.0. The molecular weight excluding hydrogens is 276 g/mol. The minimum atomic E-state index is -3.86. The molecule has 1 unspecified atom stereocenters. The number of primary sulfonamides is 1. The molecule has 6 heteroatoms. The Kier molecular flexibility index (Phi) is 3.96. The van der Waals surface area contributed by atoms with Crippen molar-refractivity contribution in [3.05, 3.63) is 54.1 Å². The molecule has 0 saturated carbocycles. The second kappa shape index (κ2) is 5.52. The Hall–Kier alpha value is -2.05. The van der Waals surface area contributed by atoms with Gasteiger partial charge in [0.15, 0.2) is 0 Å². The van der Waals surface area contributed by atoms with Gasteiger partial charge in [-0.15, -0.1) is 0 Å². The lowest BCUT2D eigenvalue weighted by molar-refractivity contribution is 0.228. The van der Waals surface area contributed by atoms with Crippen LogP contribution in [0.3, 0.4) is 0 Å². The van der Waals surface area contributed by atoms with Crippen LogP contribution in [0, 0.1) is 0 Å². The van der Waals surface area contributed by atoms with E-state index < -0.39 is 10.0 Å². The molecule has 106 valence electrons. The van der Waals surface area contributed by atoms with Crippen LogP contribution < -0.4 is 15.6 Å². The van der Waals surface area contributed by atoms with Crippen molar-refractivity contribution in [2.45, 2.75) is 17.9 Å². The Morgan fingerprint density at radius 2 is 1.70 bits per heavy atom. The molecule has 0 aliphatic carbocycles. The zero-order chi connectivity index (χ0) is 14.8. The van der Waals surface area contributed by atoms with Gasteiger partial charge in [0, 0.05) is 0 Å². The fraction of sp³-hybridized carbons (Fsp3) is 0.143. The van der Waals surface area contributed by atoms with E-state index in [0.29, 0.717) is 5.75 Å². The Balaban J connectivity index is 2.31. The number of hydrogen-bond acceptors (Lipinski definition) is 4. The third kappa shape index (κ3) is 3.09. The lowest BCUT2D eigenvalue weighted by Crippen LogP contribution is -2.15. The highest BCUT2D eigenvalue weighted by atomic mass is 32.2. The van der Waals surface area contributed by atoms with Gasteiger partial charge < -0.3 is 10.5 Å². The van der Waals surface area contributed by atoms with Crippen LogP contribution in [0.1, 0.15) is 18.6 Å². The van der Waals surface area contributed by atoms with E-state index in [9.17, 15) is 8.42 Å². The molecule has 0 fully saturated rings. The van der Waals surface area contributed by atoms with Gasteiger partial charge in [-0.25, -0.2) is 13.6 Å². The summed E-state index contributed by atoms with van der Waals surface area (Å²) >= 11 is 0. The summed E-state index contributed by atoms with van der Waals surface area (Å²) in [5.41, 5.74) is 6.80. The number of benzene rings is 2. The van der Waals surface area contributed by atoms with Crippen molar-refractivity contribution in [2.24, 2.45) is 5.14 Å². The second-order valence-electron chi connectivity index (χ2n) is 4.38. The first-order valence-electron chi connectivity index (χ1n) is 6.02. The minimum Gasteiger partial charge on any atom is -0.484 e. The normalized spacial score (nSPS) is 12.9. The van der Waals surface area contributed by atoms with Crippen LogP contribution in [0.4, 0.5) is 5.69 Å². The predicted molar refractivity (Wildman–Crippen MR) is 77.7 cm³/mol. The van der Waals surface area contributed by atoms with Crippen molar-refractivity contribution in [1.29, 1.82) is 0 Å². The fourth-order valence-electron chi connectivity index (χ4n) is 1.86. The monoisotopic (exact) mass is 292 g/mol. The molecule has 1 atom stereocenters. The Morgan fingerprint density at radius 3 is 2.30 bits per heavy atom. The van der Waals surface area contributed by atoms with Crippen LogP contribution in [0.15, 0.2) is 53.4 Å². The Bertz CT molecular complexity index is 700. The van der Waals surface area contributed by atoms with Crippen molar-refractivity contribution >= 4 is 15.7 Å². The van der Waals surface area contributed by atoms with Crippen LogP contribution in [-0.2, 0) is 10.0 Å². The summed E-state index contributed by atoms with van der Waals surface area (Å²) in [4.78, 5) is -0.129. The number of ether oxygens (including phenoxy) is 1. The third-order valence-corrected chi connectivity index (χ3v) is 3.87. The van der Waals surface area contributed by atoms with Gasteiger partial charge in [0.05, 0.1) is 5.69 Å². The number of para-hydroxylation sites is 1. The van der Waals surface area contributed by atoms with E-state index in [-0.39, 0.29) is 16.7 Å². The zero-order valence-corrected chi connectivity index (χ0v) is 11.8. The van der Waals surface area contributed by atoms with E-state index in [1.807, 2.05) is 37.3 Å². The van der Waals surface area contributed by atoms with Crippen molar-refractivity contribution in [3.8, 4) is 5.75 Å². The largest absolute Gasteiger partial charge is 0.484 e. The molecule has 0 bridgehead atoms. The number of rotatable bonds is 4.